The molecule has 4 rings (SSSR count). The number of hydrogen-bond donors (Lipinski definition) is 1. The maximum Gasteiger partial charge on any atom is 0.245 e. The Morgan fingerprint density at radius 3 is 2.78 bits per heavy atom. The molecule has 0 radical (unpaired) electrons. The fourth-order valence-electron chi connectivity index (χ4n) is 5.25. The van der Waals surface area contributed by atoms with Crippen molar-refractivity contribution in [2.45, 2.75) is 63.8 Å². The molecule has 1 saturated carbocycles. The molecule has 0 aromatic carbocycles. The van der Waals surface area contributed by atoms with Crippen molar-refractivity contribution in [3.63, 3.8) is 0 Å². The maximum absolute atomic E-state index is 13.1. The maximum atomic E-state index is 13.1. The summed E-state index contributed by atoms with van der Waals surface area (Å²) in [5.74, 6) is 1.60. The minimum atomic E-state index is -0.0222. The number of rotatable bonds is 7. The molecule has 7 nitrogen and oxygen atoms in total. The Labute approximate surface area is 189 Å². The first-order valence-electron chi connectivity index (χ1n) is 11.7. The van der Waals surface area contributed by atoms with Crippen LogP contribution in [0.4, 0.5) is 5.82 Å². The third kappa shape index (κ3) is 5.07. The number of nitrogens with zero attached hydrogens (tertiary/aromatic N) is 4. The summed E-state index contributed by atoms with van der Waals surface area (Å²) in [7, 11) is 0. The van der Waals surface area contributed by atoms with Gasteiger partial charge in [0.15, 0.2) is 5.78 Å². The highest BCUT2D eigenvalue weighted by Gasteiger charge is 2.29. The number of fused-ring (bicyclic) bond motifs is 1. The summed E-state index contributed by atoms with van der Waals surface area (Å²) in [5, 5.41) is 12.4. The van der Waals surface area contributed by atoms with Crippen LogP contribution in [0.1, 0.15) is 62.8 Å². The van der Waals surface area contributed by atoms with Crippen LogP contribution in [0.15, 0.2) is 24.9 Å². The summed E-state index contributed by atoms with van der Waals surface area (Å²) in [5.41, 5.74) is 2.27. The number of carbonyl (C=O) groups excluding carboxylic acids is 2. The highest BCUT2D eigenvalue weighted by Crippen LogP contribution is 2.35. The monoisotopic (exact) mass is 433 g/mol. The lowest BCUT2D eigenvalue weighted by atomic mass is 9.77. The van der Waals surface area contributed by atoms with Gasteiger partial charge in [0, 0.05) is 44.0 Å². The first-order chi connectivity index (χ1) is 15.6. The van der Waals surface area contributed by atoms with E-state index >= 15 is 0 Å². The van der Waals surface area contributed by atoms with Gasteiger partial charge in [-0.05, 0) is 50.0 Å². The molecular weight excluding hydrogens is 402 g/mol. The van der Waals surface area contributed by atoms with E-state index < -0.39 is 0 Å². The summed E-state index contributed by atoms with van der Waals surface area (Å²) < 4.78 is 0. The molecule has 2 aliphatic carbocycles. The molecule has 0 unspecified atom stereocenters. The Balaban J connectivity index is 1.36. The molecular formula is C25H31N5O2. The zero-order valence-electron chi connectivity index (χ0n) is 18.6. The van der Waals surface area contributed by atoms with Crippen LogP contribution < -0.4 is 5.32 Å². The smallest absolute Gasteiger partial charge is 0.245 e. The lowest BCUT2D eigenvalue weighted by Gasteiger charge is -2.32. The molecule has 1 aromatic rings. The predicted octanol–water partition coefficient (Wildman–Crippen LogP) is 3.68. The predicted molar refractivity (Wildman–Crippen MR) is 122 cm³/mol. The van der Waals surface area contributed by atoms with Crippen molar-refractivity contribution in [2.75, 3.05) is 18.4 Å². The van der Waals surface area contributed by atoms with Gasteiger partial charge in [-0.3, -0.25) is 14.6 Å². The lowest BCUT2D eigenvalue weighted by Crippen LogP contribution is -2.41. The van der Waals surface area contributed by atoms with Crippen LogP contribution >= 0.6 is 0 Å². The standard InChI is InChI=1S/C25H31N5O2/c1-2-24(32)30-12-9-19(10-13-30)28-23-16-27-21-7-6-20(25(21)29-23)22(31)15-18-5-3-4-17(14-18)8-11-26/h2,6,16-19H,1,3-5,7-10,12-15H2,(H,28,29)/t17-,18+/m1/s1. The Bertz CT molecular complexity index is 956. The molecule has 1 aromatic heterocycles. The minimum absolute atomic E-state index is 0.0222. The van der Waals surface area contributed by atoms with Gasteiger partial charge in [0.25, 0.3) is 0 Å². The van der Waals surface area contributed by atoms with Crippen molar-refractivity contribution in [1.82, 2.24) is 14.9 Å². The van der Waals surface area contributed by atoms with Crippen LogP contribution in [0, 0.1) is 23.2 Å². The number of allylic oxidation sites excluding steroid dienone is 2. The molecule has 2 heterocycles. The summed E-state index contributed by atoms with van der Waals surface area (Å²) in [6.07, 6.45) is 12.8. The molecule has 1 amide bonds. The van der Waals surface area contributed by atoms with Crippen LogP contribution in [0.25, 0.3) is 5.57 Å². The van der Waals surface area contributed by atoms with E-state index in [-0.39, 0.29) is 17.7 Å². The second kappa shape index (κ2) is 10.1. The van der Waals surface area contributed by atoms with Gasteiger partial charge in [0.2, 0.25) is 5.91 Å². The van der Waals surface area contributed by atoms with Gasteiger partial charge in [-0.15, -0.1) is 0 Å². The van der Waals surface area contributed by atoms with E-state index in [0.29, 0.717) is 61.3 Å². The van der Waals surface area contributed by atoms with Gasteiger partial charge < -0.3 is 10.2 Å². The van der Waals surface area contributed by atoms with Gasteiger partial charge in [-0.1, -0.05) is 19.1 Å². The Kier molecular flexibility index (Phi) is 6.99. The topological polar surface area (TPSA) is 99.0 Å². The summed E-state index contributed by atoms with van der Waals surface area (Å²) >= 11 is 0. The van der Waals surface area contributed by atoms with Crippen LogP contribution in [0.3, 0.4) is 0 Å². The van der Waals surface area contributed by atoms with E-state index in [1.807, 2.05) is 11.0 Å². The number of carbonyl (C=O) groups is 2. The Morgan fingerprint density at radius 2 is 2.03 bits per heavy atom. The van der Waals surface area contributed by atoms with E-state index in [0.717, 1.165) is 44.2 Å². The van der Waals surface area contributed by atoms with Crippen molar-refractivity contribution in [3.05, 3.63) is 36.3 Å². The number of nitrogens with one attached hydrogen (secondary N) is 1. The fourth-order valence-corrected chi connectivity index (χ4v) is 5.25. The van der Waals surface area contributed by atoms with Crippen molar-refractivity contribution in [3.8, 4) is 6.07 Å². The van der Waals surface area contributed by atoms with Gasteiger partial charge in [0.05, 0.1) is 23.7 Å². The number of hydrogen-bond acceptors (Lipinski definition) is 6. The lowest BCUT2D eigenvalue weighted by molar-refractivity contribution is -0.126. The van der Waals surface area contributed by atoms with Crippen LogP contribution in [0.5, 0.6) is 0 Å². The average Bonchev–Trinajstić information content (AvgIpc) is 3.23. The third-order valence-electron chi connectivity index (χ3n) is 6.98. The molecule has 32 heavy (non-hydrogen) atoms. The number of aromatic nitrogens is 2. The summed E-state index contributed by atoms with van der Waals surface area (Å²) in [4.78, 5) is 36.0. The normalized spacial score (nSPS) is 23.1. The minimum Gasteiger partial charge on any atom is -0.366 e. The van der Waals surface area contributed by atoms with E-state index in [1.54, 1.807) is 6.20 Å². The number of likely N-dealkylation sites (tertiary alicyclic amines) is 1. The number of amides is 1. The highest BCUT2D eigenvalue weighted by atomic mass is 16.2. The largest absolute Gasteiger partial charge is 0.366 e. The second-order valence-electron chi connectivity index (χ2n) is 9.21. The van der Waals surface area contributed by atoms with Gasteiger partial charge in [-0.25, -0.2) is 4.98 Å². The molecule has 1 saturated heterocycles. The zero-order chi connectivity index (χ0) is 22.5. The van der Waals surface area contributed by atoms with Crippen molar-refractivity contribution >= 4 is 23.1 Å². The van der Waals surface area contributed by atoms with Crippen LogP contribution in [0.2, 0.25) is 0 Å². The van der Waals surface area contributed by atoms with Crippen LogP contribution in [-0.2, 0) is 16.0 Å². The number of ketones is 1. The second-order valence-corrected chi connectivity index (χ2v) is 9.21. The van der Waals surface area contributed by atoms with Crippen LogP contribution in [-0.4, -0.2) is 45.7 Å². The molecule has 0 bridgehead atoms. The molecule has 3 aliphatic rings. The molecule has 7 heteroatoms. The molecule has 168 valence electrons. The fraction of sp³-hybridized carbons (Fsp3) is 0.560. The van der Waals surface area contributed by atoms with Gasteiger partial charge in [-0.2, -0.15) is 5.26 Å². The van der Waals surface area contributed by atoms with E-state index in [2.05, 4.69) is 22.9 Å². The molecule has 2 atom stereocenters. The number of nitriles is 1. The zero-order valence-corrected chi connectivity index (χ0v) is 18.6. The highest BCUT2D eigenvalue weighted by molar-refractivity contribution is 6.21. The van der Waals surface area contributed by atoms with Crippen molar-refractivity contribution < 1.29 is 9.59 Å². The third-order valence-corrected chi connectivity index (χ3v) is 6.98. The van der Waals surface area contributed by atoms with Gasteiger partial charge in [0.1, 0.15) is 5.82 Å². The number of anilines is 1. The van der Waals surface area contributed by atoms with E-state index in [4.69, 9.17) is 10.2 Å². The first-order valence-corrected chi connectivity index (χ1v) is 11.7. The quantitative estimate of drug-likeness (QED) is 0.659. The summed E-state index contributed by atoms with van der Waals surface area (Å²) in [6.45, 7) is 4.94. The molecule has 0 spiro atoms. The average molecular weight is 434 g/mol. The number of piperidine rings is 1. The Morgan fingerprint density at radius 1 is 1.25 bits per heavy atom. The number of Topliss-reactive ketones (excluding diaryl/α,β-unsaturated/α-hetero) is 1. The van der Waals surface area contributed by atoms with Crippen molar-refractivity contribution in [1.29, 1.82) is 5.26 Å². The van der Waals surface area contributed by atoms with E-state index in [1.165, 1.54) is 6.08 Å². The Hall–Kier alpha value is -3.01. The van der Waals surface area contributed by atoms with E-state index in [9.17, 15) is 9.59 Å². The first kappa shape index (κ1) is 22.2. The SMILES string of the molecule is C=CC(=O)N1CCC(Nc2cnc3c(n2)C(C(=O)C[C@H]2CCC[C@H](CC#N)C2)=CC3)CC1. The molecule has 2 fully saturated rings. The molecule has 1 N–H and O–H groups in total. The summed E-state index contributed by atoms with van der Waals surface area (Å²) in [6, 6.07) is 2.51. The van der Waals surface area contributed by atoms with Crippen molar-refractivity contribution in [2.24, 2.45) is 11.8 Å². The van der Waals surface area contributed by atoms with Gasteiger partial charge >= 0.3 is 0 Å². The molecule has 1 aliphatic heterocycles.